The van der Waals surface area contributed by atoms with Crippen LogP contribution in [-0.4, -0.2) is 19.1 Å². The molecule has 0 aliphatic heterocycles. The van der Waals surface area contributed by atoms with E-state index in [1.807, 2.05) is 38.1 Å². The number of rotatable bonds is 7. The van der Waals surface area contributed by atoms with Crippen LogP contribution < -0.4 is 4.74 Å². The summed E-state index contributed by atoms with van der Waals surface area (Å²) in [7, 11) is -4.20. The van der Waals surface area contributed by atoms with Crippen LogP contribution in [0.1, 0.15) is 68.1 Å². The SMILES string of the molecule is Cc1ccc(S(=O)(=O)O)c([C@@H](C)CCC2CCC(Oc3cccc(Br)c3C)CC2)c1. The lowest BCUT2D eigenvalue weighted by Gasteiger charge is -2.30. The molecule has 0 bridgehead atoms. The van der Waals surface area contributed by atoms with E-state index in [0.717, 1.165) is 65.4 Å². The van der Waals surface area contributed by atoms with E-state index in [1.54, 1.807) is 6.07 Å². The summed E-state index contributed by atoms with van der Waals surface area (Å²) in [6.07, 6.45) is 6.58. The third kappa shape index (κ3) is 5.86. The molecule has 1 aliphatic rings. The third-order valence-electron chi connectivity index (χ3n) is 6.29. The molecule has 0 saturated heterocycles. The summed E-state index contributed by atoms with van der Waals surface area (Å²) in [6.45, 7) is 6.06. The van der Waals surface area contributed by atoms with E-state index in [4.69, 9.17) is 4.74 Å². The number of ether oxygens (including phenoxy) is 1. The van der Waals surface area contributed by atoms with Crippen LogP contribution in [-0.2, 0) is 10.1 Å². The van der Waals surface area contributed by atoms with Crippen LogP contribution in [0.25, 0.3) is 0 Å². The average molecular weight is 495 g/mol. The van der Waals surface area contributed by atoms with E-state index in [2.05, 4.69) is 22.9 Å². The zero-order valence-electron chi connectivity index (χ0n) is 17.9. The zero-order chi connectivity index (χ0) is 21.9. The van der Waals surface area contributed by atoms with Gasteiger partial charge in [0, 0.05) is 10.0 Å². The molecule has 164 valence electrons. The molecule has 3 rings (SSSR count). The van der Waals surface area contributed by atoms with Crippen LogP contribution in [0, 0.1) is 19.8 Å². The van der Waals surface area contributed by atoms with E-state index in [-0.39, 0.29) is 16.9 Å². The Kier molecular flexibility index (Phi) is 7.64. The Balaban J connectivity index is 1.54. The monoisotopic (exact) mass is 494 g/mol. The lowest BCUT2D eigenvalue weighted by molar-refractivity contribution is 0.126. The summed E-state index contributed by atoms with van der Waals surface area (Å²) < 4.78 is 40.4. The van der Waals surface area contributed by atoms with Crippen molar-refractivity contribution in [2.75, 3.05) is 0 Å². The van der Waals surface area contributed by atoms with E-state index < -0.39 is 10.1 Å². The summed E-state index contributed by atoms with van der Waals surface area (Å²) in [5.74, 6) is 1.67. The van der Waals surface area contributed by atoms with Crippen LogP contribution in [0.2, 0.25) is 0 Å². The van der Waals surface area contributed by atoms with Crippen LogP contribution in [0.3, 0.4) is 0 Å². The van der Waals surface area contributed by atoms with Crippen molar-refractivity contribution in [2.24, 2.45) is 5.92 Å². The predicted molar refractivity (Wildman–Crippen MR) is 124 cm³/mol. The lowest BCUT2D eigenvalue weighted by Crippen LogP contribution is -2.24. The first kappa shape index (κ1) is 23.3. The molecule has 0 spiro atoms. The van der Waals surface area contributed by atoms with Crippen LogP contribution in [0.4, 0.5) is 0 Å². The number of benzene rings is 2. The first-order valence-electron chi connectivity index (χ1n) is 10.6. The van der Waals surface area contributed by atoms with Gasteiger partial charge in [0.05, 0.1) is 11.0 Å². The maximum atomic E-state index is 11.7. The van der Waals surface area contributed by atoms with Crippen molar-refractivity contribution in [2.45, 2.75) is 76.2 Å². The highest BCUT2D eigenvalue weighted by Crippen LogP contribution is 2.35. The summed E-state index contributed by atoms with van der Waals surface area (Å²) in [5, 5.41) is 0. The van der Waals surface area contributed by atoms with Crippen molar-refractivity contribution in [3.05, 3.63) is 57.6 Å². The average Bonchev–Trinajstić information content (AvgIpc) is 2.69. The van der Waals surface area contributed by atoms with Gasteiger partial charge in [-0.2, -0.15) is 8.42 Å². The summed E-state index contributed by atoms with van der Waals surface area (Å²) in [4.78, 5) is 0.0436. The molecule has 2 aromatic carbocycles. The number of aryl methyl sites for hydroxylation is 1. The van der Waals surface area contributed by atoms with Gasteiger partial charge in [0.25, 0.3) is 10.1 Å². The molecule has 1 saturated carbocycles. The Hall–Kier alpha value is -1.37. The largest absolute Gasteiger partial charge is 0.490 e. The molecular formula is C24H31BrO4S. The van der Waals surface area contributed by atoms with E-state index >= 15 is 0 Å². The molecule has 1 atom stereocenters. The van der Waals surface area contributed by atoms with E-state index in [0.29, 0.717) is 5.92 Å². The Morgan fingerprint density at radius 3 is 2.50 bits per heavy atom. The van der Waals surface area contributed by atoms with Gasteiger partial charge in [-0.25, -0.2) is 0 Å². The highest BCUT2D eigenvalue weighted by atomic mass is 79.9. The second-order valence-corrected chi connectivity index (χ2v) is 10.9. The van der Waals surface area contributed by atoms with E-state index in [1.165, 1.54) is 6.07 Å². The zero-order valence-corrected chi connectivity index (χ0v) is 20.3. The molecule has 0 heterocycles. The van der Waals surface area contributed by atoms with Crippen molar-refractivity contribution in [3.63, 3.8) is 0 Å². The number of halogens is 1. The van der Waals surface area contributed by atoms with Crippen molar-refractivity contribution < 1.29 is 17.7 Å². The first-order chi connectivity index (χ1) is 14.1. The molecule has 0 aromatic heterocycles. The fourth-order valence-electron chi connectivity index (χ4n) is 4.36. The molecule has 1 fully saturated rings. The normalized spacial score (nSPS) is 20.7. The highest BCUT2D eigenvalue weighted by Gasteiger charge is 2.25. The van der Waals surface area contributed by atoms with Gasteiger partial charge in [-0.15, -0.1) is 0 Å². The number of hydrogen-bond donors (Lipinski definition) is 1. The van der Waals surface area contributed by atoms with Gasteiger partial charge in [0.1, 0.15) is 5.75 Å². The standard InChI is InChI=1S/C24H31BrO4S/c1-16-7-14-24(30(26,27)28)21(15-16)17(2)8-9-19-10-12-20(13-11-19)29-23-6-4-5-22(25)18(23)3/h4-7,14-15,17,19-20H,8-13H2,1-3H3,(H,26,27,28)/t17-,19?,20?/m0/s1. The molecule has 1 aliphatic carbocycles. The van der Waals surface area contributed by atoms with Crippen molar-refractivity contribution in [1.29, 1.82) is 0 Å². The fourth-order valence-corrected chi connectivity index (χ4v) is 5.51. The summed E-state index contributed by atoms with van der Waals surface area (Å²) >= 11 is 3.56. The Bertz CT molecular complexity index is 979. The van der Waals surface area contributed by atoms with Crippen LogP contribution >= 0.6 is 15.9 Å². The van der Waals surface area contributed by atoms with Gasteiger partial charge in [0.15, 0.2) is 0 Å². The second-order valence-electron chi connectivity index (χ2n) is 8.62. The van der Waals surface area contributed by atoms with Gasteiger partial charge in [-0.05, 0) is 88.0 Å². The second kappa shape index (κ2) is 9.84. The van der Waals surface area contributed by atoms with Crippen LogP contribution in [0.5, 0.6) is 5.75 Å². The molecular weight excluding hydrogens is 464 g/mol. The minimum absolute atomic E-state index is 0.0436. The van der Waals surface area contributed by atoms with Gasteiger partial charge in [0.2, 0.25) is 0 Å². The maximum absolute atomic E-state index is 11.7. The topological polar surface area (TPSA) is 63.6 Å². The fraction of sp³-hybridized carbons (Fsp3) is 0.500. The molecule has 4 nitrogen and oxygen atoms in total. The Labute approximate surface area is 188 Å². The minimum Gasteiger partial charge on any atom is -0.490 e. The molecule has 0 unspecified atom stereocenters. The third-order valence-corrected chi connectivity index (χ3v) is 8.07. The summed E-state index contributed by atoms with van der Waals surface area (Å²) in [5.41, 5.74) is 2.87. The van der Waals surface area contributed by atoms with Crippen molar-refractivity contribution in [1.82, 2.24) is 0 Å². The minimum atomic E-state index is -4.20. The molecule has 30 heavy (non-hydrogen) atoms. The first-order valence-corrected chi connectivity index (χ1v) is 12.9. The quantitative estimate of drug-likeness (QED) is 0.428. The smallest absolute Gasteiger partial charge is 0.294 e. The lowest BCUT2D eigenvalue weighted by atomic mass is 9.82. The highest BCUT2D eigenvalue weighted by molar-refractivity contribution is 9.10. The van der Waals surface area contributed by atoms with Crippen LogP contribution in [0.15, 0.2) is 45.8 Å². The molecule has 0 radical (unpaired) electrons. The Morgan fingerprint density at radius 2 is 1.83 bits per heavy atom. The maximum Gasteiger partial charge on any atom is 0.294 e. The summed E-state index contributed by atoms with van der Waals surface area (Å²) in [6, 6.07) is 11.2. The van der Waals surface area contributed by atoms with E-state index in [9.17, 15) is 13.0 Å². The van der Waals surface area contributed by atoms with Gasteiger partial charge < -0.3 is 4.74 Å². The van der Waals surface area contributed by atoms with Crippen molar-refractivity contribution >= 4 is 26.0 Å². The predicted octanol–water partition coefficient (Wildman–Crippen LogP) is 6.83. The Morgan fingerprint density at radius 1 is 1.13 bits per heavy atom. The molecule has 2 aromatic rings. The number of hydrogen-bond acceptors (Lipinski definition) is 3. The van der Waals surface area contributed by atoms with Gasteiger partial charge in [-0.1, -0.05) is 46.6 Å². The van der Waals surface area contributed by atoms with Crippen molar-refractivity contribution in [3.8, 4) is 5.75 Å². The van der Waals surface area contributed by atoms with Gasteiger partial charge in [-0.3, -0.25) is 4.55 Å². The molecule has 6 heteroatoms. The molecule has 1 N–H and O–H groups in total. The molecule has 0 amide bonds. The van der Waals surface area contributed by atoms with Gasteiger partial charge >= 0.3 is 0 Å².